The van der Waals surface area contributed by atoms with Crippen LogP contribution in [-0.4, -0.2) is 22.6 Å². The van der Waals surface area contributed by atoms with E-state index in [-0.39, 0.29) is 17.4 Å². The van der Waals surface area contributed by atoms with Crippen LogP contribution in [0.4, 0.5) is 15.9 Å². The van der Waals surface area contributed by atoms with Gasteiger partial charge in [-0.15, -0.1) is 10.2 Å². The van der Waals surface area contributed by atoms with Crippen LogP contribution in [0.2, 0.25) is 0 Å². The second kappa shape index (κ2) is 8.20. The number of aromatic nitrogens is 2. The van der Waals surface area contributed by atoms with Gasteiger partial charge in [-0.05, 0) is 60.9 Å². The Morgan fingerprint density at radius 1 is 1.04 bits per heavy atom. The second-order valence-electron chi connectivity index (χ2n) is 5.93. The maximum Gasteiger partial charge on any atom is 0.276 e. The molecule has 3 aromatic rings. The van der Waals surface area contributed by atoms with E-state index in [2.05, 4.69) is 20.8 Å². The number of aryl methyl sites for hydroxylation is 1. The molecule has 0 aliphatic rings. The van der Waals surface area contributed by atoms with Crippen LogP contribution in [0.25, 0.3) is 0 Å². The number of nitrogens with one attached hydrogen (secondary N) is 2. The third-order valence-corrected chi connectivity index (χ3v) is 3.81. The van der Waals surface area contributed by atoms with Gasteiger partial charge in [0.05, 0.1) is 0 Å². The molecule has 26 heavy (non-hydrogen) atoms. The van der Waals surface area contributed by atoms with E-state index in [0.717, 1.165) is 23.2 Å². The highest BCUT2D eigenvalue weighted by molar-refractivity contribution is 6.02. The predicted molar refractivity (Wildman–Crippen MR) is 99.8 cm³/mol. The smallest absolute Gasteiger partial charge is 0.276 e. The molecule has 2 N–H and O–H groups in total. The van der Waals surface area contributed by atoms with Gasteiger partial charge in [-0.2, -0.15) is 0 Å². The molecule has 132 valence electrons. The molecular formula is C20H19FN4O. The topological polar surface area (TPSA) is 66.9 Å². The first-order chi connectivity index (χ1) is 12.6. The van der Waals surface area contributed by atoms with Crippen molar-refractivity contribution in [2.45, 2.75) is 13.3 Å². The van der Waals surface area contributed by atoms with Crippen LogP contribution in [0.5, 0.6) is 0 Å². The fourth-order valence-electron chi connectivity index (χ4n) is 2.45. The molecule has 1 heterocycles. The molecular weight excluding hydrogens is 331 g/mol. The van der Waals surface area contributed by atoms with E-state index in [1.807, 2.05) is 31.2 Å². The highest BCUT2D eigenvalue weighted by atomic mass is 19.1. The number of rotatable bonds is 6. The molecule has 0 atom stereocenters. The summed E-state index contributed by atoms with van der Waals surface area (Å²) in [6, 6.07) is 17.3. The van der Waals surface area contributed by atoms with Gasteiger partial charge in [-0.1, -0.05) is 24.3 Å². The largest absolute Gasteiger partial charge is 0.368 e. The van der Waals surface area contributed by atoms with Crippen LogP contribution in [0.15, 0.2) is 60.7 Å². The van der Waals surface area contributed by atoms with Crippen molar-refractivity contribution in [1.29, 1.82) is 0 Å². The summed E-state index contributed by atoms with van der Waals surface area (Å²) >= 11 is 0. The molecule has 5 nitrogen and oxygen atoms in total. The average Bonchev–Trinajstić information content (AvgIpc) is 2.64. The fourth-order valence-corrected chi connectivity index (χ4v) is 2.45. The quantitative estimate of drug-likeness (QED) is 0.709. The number of anilines is 2. The molecule has 0 bridgehead atoms. The molecule has 0 aliphatic heterocycles. The number of benzene rings is 2. The third kappa shape index (κ3) is 4.86. The SMILES string of the molecule is Cc1cccc(NC(=O)c2ccc(NCCc3ccc(F)cc3)nn2)c1. The van der Waals surface area contributed by atoms with Crippen molar-refractivity contribution in [1.82, 2.24) is 10.2 Å². The second-order valence-corrected chi connectivity index (χ2v) is 5.93. The Balaban J connectivity index is 1.52. The van der Waals surface area contributed by atoms with Gasteiger partial charge in [0, 0.05) is 12.2 Å². The van der Waals surface area contributed by atoms with Crippen molar-refractivity contribution in [2.24, 2.45) is 0 Å². The zero-order valence-corrected chi connectivity index (χ0v) is 14.4. The number of amides is 1. The lowest BCUT2D eigenvalue weighted by atomic mass is 10.1. The predicted octanol–water partition coefficient (Wildman–Crippen LogP) is 3.83. The van der Waals surface area contributed by atoms with Gasteiger partial charge in [0.25, 0.3) is 5.91 Å². The molecule has 0 aliphatic carbocycles. The standard InChI is InChI=1S/C20H19FN4O/c1-14-3-2-4-17(13-14)23-20(26)18-9-10-19(25-24-18)22-12-11-15-5-7-16(21)8-6-15/h2-10,13H,11-12H2,1H3,(H,22,25)(H,23,26). The summed E-state index contributed by atoms with van der Waals surface area (Å²) in [6.45, 7) is 2.59. The Morgan fingerprint density at radius 2 is 1.85 bits per heavy atom. The lowest BCUT2D eigenvalue weighted by Crippen LogP contribution is -2.15. The first-order valence-corrected chi connectivity index (χ1v) is 8.30. The van der Waals surface area contributed by atoms with E-state index < -0.39 is 0 Å². The number of carbonyl (C=O) groups is 1. The summed E-state index contributed by atoms with van der Waals surface area (Å²) in [5, 5.41) is 13.9. The maximum absolute atomic E-state index is 12.9. The van der Waals surface area contributed by atoms with Crippen LogP contribution in [0, 0.1) is 12.7 Å². The summed E-state index contributed by atoms with van der Waals surface area (Å²) in [5.74, 6) is 0.0345. The van der Waals surface area contributed by atoms with Crippen LogP contribution < -0.4 is 10.6 Å². The summed E-state index contributed by atoms with van der Waals surface area (Å²) < 4.78 is 12.9. The lowest BCUT2D eigenvalue weighted by Gasteiger charge is -2.07. The molecule has 2 aromatic carbocycles. The average molecular weight is 350 g/mol. The molecule has 3 rings (SSSR count). The minimum atomic E-state index is -0.305. The lowest BCUT2D eigenvalue weighted by molar-refractivity contribution is 0.102. The summed E-state index contributed by atoms with van der Waals surface area (Å²) in [7, 11) is 0. The number of carbonyl (C=O) groups excluding carboxylic acids is 1. The Hall–Kier alpha value is -3.28. The number of nitrogens with zero attached hydrogens (tertiary/aromatic N) is 2. The Labute approximate surface area is 151 Å². The van der Waals surface area contributed by atoms with E-state index in [9.17, 15) is 9.18 Å². The highest BCUT2D eigenvalue weighted by Gasteiger charge is 2.08. The van der Waals surface area contributed by atoms with Crippen molar-refractivity contribution in [3.05, 3.63) is 83.3 Å². The van der Waals surface area contributed by atoms with E-state index in [1.165, 1.54) is 12.1 Å². The van der Waals surface area contributed by atoms with Crippen molar-refractivity contribution in [2.75, 3.05) is 17.2 Å². The molecule has 0 saturated carbocycles. The Morgan fingerprint density at radius 3 is 2.54 bits per heavy atom. The number of halogens is 1. The highest BCUT2D eigenvalue weighted by Crippen LogP contribution is 2.11. The molecule has 0 saturated heterocycles. The zero-order valence-electron chi connectivity index (χ0n) is 14.4. The molecule has 0 fully saturated rings. The zero-order chi connectivity index (χ0) is 18.4. The number of hydrogen-bond donors (Lipinski definition) is 2. The van der Waals surface area contributed by atoms with Gasteiger partial charge in [-0.3, -0.25) is 4.79 Å². The van der Waals surface area contributed by atoms with E-state index >= 15 is 0 Å². The Kier molecular flexibility index (Phi) is 5.53. The van der Waals surface area contributed by atoms with Crippen molar-refractivity contribution in [3.63, 3.8) is 0 Å². The molecule has 0 unspecified atom stereocenters. The van der Waals surface area contributed by atoms with Gasteiger partial charge < -0.3 is 10.6 Å². The van der Waals surface area contributed by atoms with Gasteiger partial charge in [0.15, 0.2) is 5.69 Å². The van der Waals surface area contributed by atoms with Gasteiger partial charge in [-0.25, -0.2) is 4.39 Å². The summed E-state index contributed by atoms with van der Waals surface area (Å²) in [6.07, 6.45) is 0.734. The molecule has 0 spiro atoms. The first-order valence-electron chi connectivity index (χ1n) is 8.30. The van der Waals surface area contributed by atoms with Gasteiger partial charge >= 0.3 is 0 Å². The van der Waals surface area contributed by atoms with Gasteiger partial charge in [0.2, 0.25) is 0 Å². The minimum absolute atomic E-state index is 0.243. The van der Waals surface area contributed by atoms with Crippen LogP contribution in [0.1, 0.15) is 21.6 Å². The Bertz CT molecular complexity index is 879. The number of hydrogen-bond acceptors (Lipinski definition) is 4. The summed E-state index contributed by atoms with van der Waals surface area (Å²) in [4.78, 5) is 12.2. The van der Waals surface area contributed by atoms with Crippen LogP contribution >= 0.6 is 0 Å². The monoisotopic (exact) mass is 350 g/mol. The van der Waals surface area contributed by atoms with Crippen molar-refractivity contribution < 1.29 is 9.18 Å². The maximum atomic E-state index is 12.9. The molecule has 0 radical (unpaired) electrons. The molecule has 1 aromatic heterocycles. The first kappa shape index (κ1) is 17.5. The van der Waals surface area contributed by atoms with E-state index in [0.29, 0.717) is 12.4 Å². The molecule has 1 amide bonds. The van der Waals surface area contributed by atoms with E-state index in [4.69, 9.17) is 0 Å². The van der Waals surface area contributed by atoms with Crippen LogP contribution in [0.3, 0.4) is 0 Å². The third-order valence-electron chi connectivity index (χ3n) is 3.81. The summed E-state index contributed by atoms with van der Waals surface area (Å²) in [5.41, 5.74) is 3.06. The molecule has 6 heteroatoms. The van der Waals surface area contributed by atoms with Crippen molar-refractivity contribution in [3.8, 4) is 0 Å². The van der Waals surface area contributed by atoms with E-state index in [1.54, 1.807) is 24.3 Å². The minimum Gasteiger partial charge on any atom is -0.368 e. The fraction of sp³-hybridized carbons (Fsp3) is 0.150. The van der Waals surface area contributed by atoms with Crippen LogP contribution in [-0.2, 0) is 6.42 Å². The van der Waals surface area contributed by atoms with Crippen molar-refractivity contribution >= 4 is 17.4 Å². The normalized spacial score (nSPS) is 10.4. The van der Waals surface area contributed by atoms with Gasteiger partial charge in [0.1, 0.15) is 11.6 Å².